The Bertz CT molecular complexity index is 776. The SMILES string of the molecule is CC(C)(C)c1ccc(COC(=O)CC2=CC(=O)NC2=O)cc1C(C)(C)C. The zero-order valence-corrected chi connectivity index (χ0v) is 16.4. The number of esters is 1. The van der Waals surface area contributed by atoms with Crippen LogP contribution in [0.4, 0.5) is 0 Å². The van der Waals surface area contributed by atoms with Crippen LogP contribution in [0.25, 0.3) is 0 Å². The van der Waals surface area contributed by atoms with Crippen LogP contribution in [0.15, 0.2) is 29.8 Å². The van der Waals surface area contributed by atoms with Crippen LogP contribution in [-0.4, -0.2) is 17.8 Å². The molecule has 1 N–H and O–H groups in total. The third-order valence-electron chi connectivity index (χ3n) is 4.27. The van der Waals surface area contributed by atoms with E-state index in [-0.39, 0.29) is 29.4 Å². The van der Waals surface area contributed by atoms with Crippen LogP contribution in [0.2, 0.25) is 0 Å². The number of hydrogen-bond donors (Lipinski definition) is 1. The summed E-state index contributed by atoms with van der Waals surface area (Å²) in [6.07, 6.45) is 0.934. The minimum atomic E-state index is -0.531. The second-order valence-corrected chi connectivity index (χ2v) is 8.71. The summed E-state index contributed by atoms with van der Waals surface area (Å²) in [4.78, 5) is 34.6. The monoisotopic (exact) mass is 357 g/mol. The van der Waals surface area contributed by atoms with Crippen molar-refractivity contribution in [1.29, 1.82) is 0 Å². The molecule has 1 aromatic rings. The fraction of sp³-hybridized carbons (Fsp3) is 0.476. The highest BCUT2D eigenvalue weighted by Crippen LogP contribution is 2.34. The Balaban J connectivity index is 2.10. The van der Waals surface area contributed by atoms with Crippen molar-refractivity contribution in [2.24, 2.45) is 0 Å². The molecule has 0 radical (unpaired) electrons. The van der Waals surface area contributed by atoms with Gasteiger partial charge in [-0.3, -0.25) is 19.7 Å². The molecule has 2 amide bonds. The summed E-state index contributed by atoms with van der Waals surface area (Å²) in [7, 11) is 0. The van der Waals surface area contributed by atoms with E-state index in [0.717, 1.165) is 11.6 Å². The van der Waals surface area contributed by atoms with Crippen LogP contribution >= 0.6 is 0 Å². The highest BCUT2D eigenvalue weighted by molar-refractivity contribution is 6.17. The van der Waals surface area contributed by atoms with Gasteiger partial charge in [0.2, 0.25) is 0 Å². The highest BCUT2D eigenvalue weighted by Gasteiger charge is 2.26. The van der Waals surface area contributed by atoms with Gasteiger partial charge in [0.1, 0.15) is 6.61 Å². The first-order valence-corrected chi connectivity index (χ1v) is 8.73. The summed E-state index contributed by atoms with van der Waals surface area (Å²) in [6, 6.07) is 6.14. The molecule has 0 saturated heterocycles. The summed E-state index contributed by atoms with van der Waals surface area (Å²) in [5.41, 5.74) is 3.52. The number of ether oxygens (including phenoxy) is 1. The summed E-state index contributed by atoms with van der Waals surface area (Å²) >= 11 is 0. The number of amides is 2. The Labute approximate surface area is 154 Å². The van der Waals surface area contributed by atoms with E-state index in [4.69, 9.17) is 4.74 Å². The van der Waals surface area contributed by atoms with Gasteiger partial charge in [0.25, 0.3) is 11.8 Å². The minimum Gasteiger partial charge on any atom is -0.461 e. The second-order valence-electron chi connectivity index (χ2n) is 8.71. The van der Waals surface area contributed by atoms with Gasteiger partial charge >= 0.3 is 5.97 Å². The fourth-order valence-corrected chi connectivity index (χ4v) is 2.91. The molecule has 1 aliphatic rings. The van der Waals surface area contributed by atoms with Crippen molar-refractivity contribution in [3.8, 4) is 0 Å². The van der Waals surface area contributed by atoms with E-state index >= 15 is 0 Å². The first-order valence-electron chi connectivity index (χ1n) is 8.73. The predicted molar refractivity (Wildman–Crippen MR) is 99.5 cm³/mol. The lowest BCUT2D eigenvalue weighted by molar-refractivity contribution is -0.144. The summed E-state index contributed by atoms with van der Waals surface area (Å²) in [6.45, 7) is 13.2. The van der Waals surface area contributed by atoms with Gasteiger partial charge in [-0.2, -0.15) is 0 Å². The van der Waals surface area contributed by atoms with E-state index < -0.39 is 17.8 Å². The van der Waals surface area contributed by atoms with Gasteiger partial charge in [-0.15, -0.1) is 0 Å². The molecule has 140 valence electrons. The topological polar surface area (TPSA) is 72.5 Å². The standard InChI is InChI=1S/C21H27NO4/c1-20(2,3)15-8-7-13(9-16(15)21(4,5)6)12-26-18(24)11-14-10-17(23)22-19(14)25/h7-10H,11-12H2,1-6H3,(H,22,23,25). The van der Waals surface area contributed by atoms with Crippen molar-refractivity contribution in [3.63, 3.8) is 0 Å². The summed E-state index contributed by atoms with van der Waals surface area (Å²) < 4.78 is 5.30. The van der Waals surface area contributed by atoms with E-state index in [2.05, 4.69) is 59.0 Å². The molecular formula is C21H27NO4. The molecule has 0 bridgehead atoms. The molecule has 5 heteroatoms. The number of nitrogens with one attached hydrogen (secondary N) is 1. The van der Waals surface area contributed by atoms with Gasteiger partial charge in [0, 0.05) is 11.6 Å². The largest absolute Gasteiger partial charge is 0.461 e. The molecule has 5 nitrogen and oxygen atoms in total. The predicted octanol–water partition coefficient (Wildman–Crippen LogP) is 3.30. The van der Waals surface area contributed by atoms with Crippen molar-refractivity contribution in [2.75, 3.05) is 0 Å². The smallest absolute Gasteiger partial charge is 0.310 e. The van der Waals surface area contributed by atoms with E-state index in [9.17, 15) is 14.4 Å². The average Bonchev–Trinajstić information content (AvgIpc) is 2.80. The van der Waals surface area contributed by atoms with Gasteiger partial charge in [-0.1, -0.05) is 59.7 Å². The van der Waals surface area contributed by atoms with Crippen molar-refractivity contribution < 1.29 is 19.1 Å². The quantitative estimate of drug-likeness (QED) is 0.663. The first-order chi connectivity index (χ1) is 11.9. The third-order valence-corrected chi connectivity index (χ3v) is 4.27. The van der Waals surface area contributed by atoms with Crippen LogP contribution in [0.3, 0.4) is 0 Å². The van der Waals surface area contributed by atoms with E-state index in [1.165, 1.54) is 11.1 Å². The fourth-order valence-electron chi connectivity index (χ4n) is 2.91. The maximum Gasteiger partial charge on any atom is 0.310 e. The molecule has 0 fully saturated rings. The second kappa shape index (κ2) is 7.06. The Morgan fingerprint density at radius 2 is 1.62 bits per heavy atom. The Morgan fingerprint density at radius 3 is 2.12 bits per heavy atom. The normalized spacial score (nSPS) is 14.9. The maximum absolute atomic E-state index is 12.0. The maximum atomic E-state index is 12.0. The van der Waals surface area contributed by atoms with Crippen LogP contribution in [0.1, 0.15) is 64.7 Å². The van der Waals surface area contributed by atoms with Crippen LogP contribution in [0.5, 0.6) is 0 Å². The molecule has 0 aliphatic carbocycles. The number of carbonyl (C=O) groups is 3. The van der Waals surface area contributed by atoms with Gasteiger partial charge in [-0.05, 0) is 27.5 Å². The molecular weight excluding hydrogens is 330 g/mol. The number of imide groups is 1. The lowest BCUT2D eigenvalue weighted by Crippen LogP contribution is -2.23. The van der Waals surface area contributed by atoms with Crippen molar-refractivity contribution in [2.45, 2.75) is 65.4 Å². The van der Waals surface area contributed by atoms with Crippen LogP contribution < -0.4 is 5.32 Å². The lowest BCUT2D eigenvalue weighted by Gasteiger charge is -2.30. The van der Waals surface area contributed by atoms with E-state index in [0.29, 0.717) is 0 Å². The molecule has 0 unspecified atom stereocenters. The Kier molecular flexibility index (Phi) is 5.40. The molecule has 1 aliphatic heterocycles. The number of hydrogen-bond acceptors (Lipinski definition) is 4. The van der Waals surface area contributed by atoms with Gasteiger partial charge in [0.15, 0.2) is 0 Å². The van der Waals surface area contributed by atoms with E-state index in [1.807, 2.05) is 6.07 Å². The Hall–Kier alpha value is -2.43. The zero-order valence-electron chi connectivity index (χ0n) is 16.4. The minimum absolute atomic E-state index is 0.0205. The molecule has 0 aromatic heterocycles. The molecule has 0 atom stereocenters. The highest BCUT2D eigenvalue weighted by atomic mass is 16.5. The molecule has 26 heavy (non-hydrogen) atoms. The van der Waals surface area contributed by atoms with Gasteiger partial charge < -0.3 is 4.74 Å². The average molecular weight is 357 g/mol. The van der Waals surface area contributed by atoms with Gasteiger partial charge in [0.05, 0.1) is 6.42 Å². The summed E-state index contributed by atoms with van der Waals surface area (Å²) in [5, 5.41) is 2.11. The molecule has 1 aromatic carbocycles. The van der Waals surface area contributed by atoms with Crippen LogP contribution in [-0.2, 0) is 36.6 Å². The number of benzene rings is 1. The third kappa shape index (κ3) is 4.81. The van der Waals surface area contributed by atoms with E-state index in [1.54, 1.807) is 0 Å². The zero-order chi connectivity index (χ0) is 19.7. The lowest BCUT2D eigenvalue weighted by atomic mass is 9.75. The van der Waals surface area contributed by atoms with Crippen molar-refractivity contribution in [3.05, 3.63) is 46.5 Å². The van der Waals surface area contributed by atoms with Gasteiger partial charge in [-0.25, -0.2) is 0 Å². The van der Waals surface area contributed by atoms with Crippen molar-refractivity contribution >= 4 is 17.8 Å². The molecule has 0 spiro atoms. The molecule has 2 rings (SSSR count). The number of rotatable bonds is 4. The van der Waals surface area contributed by atoms with Crippen molar-refractivity contribution in [1.82, 2.24) is 5.32 Å². The molecule has 1 heterocycles. The van der Waals surface area contributed by atoms with Crippen LogP contribution in [0, 0.1) is 0 Å². The Morgan fingerprint density at radius 1 is 1.00 bits per heavy atom. The first kappa shape index (κ1) is 19.9. The molecule has 0 saturated carbocycles. The summed E-state index contributed by atoms with van der Waals surface area (Å²) in [5.74, 6) is -1.56. The number of carbonyl (C=O) groups excluding carboxylic acids is 3.